The van der Waals surface area contributed by atoms with Crippen molar-refractivity contribution in [2.24, 2.45) is 5.73 Å². The van der Waals surface area contributed by atoms with Gasteiger partial charge in [0.25, 0.3) is 5.91 Å². The zero-order valence-corrected chi connectivity index (χ0v) is 19.4. The SMILES string of the molecule is CC(NC(=O)c1cc(/C(C=N)=C/N)ncn1)c1ncc(C(O)Nc2cc(C(F)(F)F)c(Cl)cn2)s1. The van der Waals surface area contributed by atoms with Gasteiger partial charge >= 0.3 is 6.18 Å². The van der Waals surface area contributed by atoms with Gasteiger partial charge in [0.1, 0.15) is 22.8 Å². The molecule has 0 saturated heterocycles. The summed E-state index contributed by atoms with van der Waals surface area (Å²) < 4.78 is 39.1. The van der Waals surface area contributed by atoms with Gasteiger partial charge in [-0.1, -0.05) is 11.6 Å². The van der Waals surface area contributed by atoms with Crippen LogP contribution >= 0.6 is 22.9 Å². The van der Waals surface area contributed by atoms with Gasteiger partial charge in [0.15, 0.2) is 6.23 Å². The van der Waals surface area contributed by atoms with Crippen LogP contribution in [0.5, 0.6) is 0 Å². The van der Waals surface area contributed by atoms with Crippen molar-refractivity contribution in [2.45, 2.75) is 25.4 Å². The predicted molar refractivity (Wildman–Crippen MR) is 124 cm³/mol. The first-order valence-corrected chi connectivity index (χ1v) is 10.9. The van der Waals surface area contributed by atoms with E-state index < -0.39 is 34.9 Å². The van der Waals surface area contributed by atoms with Crippen LogP contribution in [0.2, 0.25) is 5.02 Å². The van der Waals surface area contributed by atoms with Crippen LogP contribution in [0.15, 0.2) is 37.1 Å². The molecule has 6 N–H and O–H groups in total. The van der Waals surface area contributed by atoms with Gasteiger partial charge in [0.2, 0.25) is 0 Å². The number of hydrogen-bond donors (Lipinski definition) is 5. The third-order valence-corrected chi connectivity index (χ3v) is 6.04. The van der Waals surface area contributed by atoms with E-state index in [-0.39, 0.29) is 16.4 Å². The molecule has 1 amide bonds. The normalized spacial score (nSPS) is 13.7. The Morgan fingerprint density at radius 3 is 2.60 bits per heavy atom. The number of carbonyl (C=O) groups excluding carboxylic acids is 1. The highest BCUT2D eigenvalue weighted by atomic mass is 35.5. The van der Waals surface area contributed by atoms with E-state index in [2.05, 4.69) is 30.6 Å². The van der Waals surface area contributed by atoms with Crippen molar-refractivity contribution < 1.29 is 23.1 Å². The summed E-state index contributed by atoms with van der Waals surface area (Å²) in [6, 6.07) is 1.47. The molecular weight excluding hydrogens is 509 g/mol. The summed E-state index contributed by atoms with van der Waals surface area (Å²) in [6.07, 6.45) is -0.592. The Balaban J connectivity index is 1.69. The zero-order chi connectivity index (χ0) is 25.8. The molecular formula is C20H18ClF3N8O2S. The Morgan fingerprint density at radius 2 is 1.94 bits per heavy atom. The maximum absolute atomic E-state index is 13.0. The molecule has 0 aliphatic rings. The molecule has 3 aromatic rings. The smallest absolute Gasteiger partial charge is 0.404 e. The average molecular weight is 527 g/mol. The Hall–Kier alpha value is -3.62. The predicted octanol–water partition coefficient (Wildman–Crippen LogP) is 3.54. The molecule has 0 spiro atoms. The second-order valence-corrected chi connectivity index (χ2v) is 8.45. The molecule has 2 atom stereocenters. The quantitative estimate of drug-likeness (QED) is 0.220. The first kappa shape index (κ1) is 26.0. The van der Waals surface area contributed by atoms with Crippen molar-refractivity contribution in [1.29, 1.82) is 5.41 Å². The summed E-state index contributed by atoms with van der Waals surface area (Å²) in [7, 11) is 0. The van der Waals surface area contributed by atoms with Gasteiger partial charge in [-0.15, -0.1) is 11.3 Å². The molecule has 2 unspecified atom stereocenters. The van der Waals surface area contributed by atoms with E-state index in [0.29, 0.717) is 22.3 Å². The molecule has 3 heterocycles. The van der Waals surface area contributed by atoms with Crippen LogP contribution in [0.3, 0.4) is 0 Å². The highest BCUT2D eigenvalue weighted by Gasteiger charge is 2.34. The number of pyridine rings is 1. The van der Waals surface area contributed by atoms with Crippen molar-refractivity contribution >= 4 is 46.5 Å². The molecule has 10 nitrogen and oxygen atoms in total. The molecule has 0 fully saturated rings. The summed E-state index contributed by atoms with van der Waals surface area (Å²) in [4.78, 5) is 28.7. The fraction of sp³-hybridized carbons (Fsp3) is 0.200. The molecule has 35 heavy (non-hydrogen) atoms. The van der Waals surface area contributed by atoms with Crippen molar-refractivity contribution in [3.05, 3.63) is 68.9 Å². The molecule has 184 valence electrons. The number of aromatic nitrogens is 4. The molecule has 15 heteroatoms. The number of nitrogens with one attached hydrogen (secondary N) is 3. The summed E-state index contributed by atoms with van der Waals surface area (Å²) in [5, 5.41) is 22.7. The number of alkyl halides is 3. The Bertz CT molecular complexity index is 1270. The fourth-order valence-electron chi connectivity index (χ4n) is 2.75. The number of halogens is 4. The minimum atomic E-state index is -4.68. The Morgan fingerprint density at radius 1 is 1.23 bits per heavy atom. The monoisotopic (exact) mass is 526 g/mol. The topological polar surface area (TPSA) is 163 Å². The van der Waals surface area contributed by atoms with Crippen LogP contribution in [0, 0.1) is 5.41 Å². The van der Waals surface area contributed by atoms with Crippen LogP contribution < -0.4 is 16.4 Å². The van der Waals surface area contributed by atoms with Gasteiger partial charge in [-0.2, -0.15) is 13.2 Å². The van der Waals surface area contributed by atoms with Gasteiger partial charge in [0.05, 0.1) is 27.2 Å². The Kier molecular flexibility index (Phi) is 7.99. The molecule has 0 radical (unpaired) electrons. The lowest BCUT2D eigenvalue weighted by atomic mass is 10.2. The van der Waals surface area contributed by atoms with Crippen molar-refractivity contribution in [3.8, 4) is 0 Å². The number of hydrogen-bond acceptors (Lipinski definition) is 10. The average Bonchev–Trinajstić information content (AvgIpc) is 3.31. The standard InChI is InChI=1S/C20H18ClF3N8O2S/c1-9(31-17(33)14-3-13(29-8-30-14)10(4-25)5-26)19-28-7-15(35-19)18(34)32-16-2-11(20(22,23)24)12(21)6-27-16/h2-9,18,25,34H,26H2,1H3,(H,27,32)(H,31,33)/b10-5+,25-4?. The number of allylic oxidation sites excluding steroid dienone is 1. The first-order valence-electron chi connectivity index (χ1n) is 9.72. The fourth-order valence-corrected chi connectivity index (χ4v) is 3.82. The first-order chi connectivity index (χ1) is 16.5. The summed E-state index contributed by atoms with van der Waals surface area (Å²) in [6.45, 7) is 1.65. The minimum Gasteiger partial charge on any atom is -0.404 e. The third-order valence-electron chi connectivity index (χ3n) is 4.50. The van der Waals surface area contributed by atoms with Gasteiger partial charge in [-0.25, -0.2) is 19.9 Å². The van der Waals surface area contributed by atoms with Crippen LogP contribution in [0.4, 0.5) is 19.0 Å². The number of thiazole rings is 1. The third kappa shape index (κ3) is 6.29. The minimum absolute atomic E-state index is 0.0378. The second-order valence-electron chi connectivity index (χ2n) is 6.94. The number of aliphatic hydroxyl groups is 1. The summed E-state index contributed by atoms with van der Waals surface area (Å²) in [5.41, 5.74) is 4.99. The van der Waals surface area contributed by atoms with Crippen molar-refractivity contribution in [2.75, 3.05) is 5.32 Å². The number of carbonyl (C=O) groups is 1. The van der Waals surface area contributed by atoms with E-state index in [0.717, 1.165) is 23.7 Å². The van der Waals surface area contributed by atoms with E-state index in [4.69, 9.17) is 22.7 Å². The van der Waals surface area contributed by atoms with Crippen LogP contribution in [0.25, 0.3) is 5.57 Å². The molecule has 0 aliphatic heterocycles. The zero-order valence-electron chi connectivity index (χ0n) is 17.8. The largest absolute Gasteiger partial charge is 0.418 e. The highest BCUT2D eigenvalue weighted by molar-refractivity contribution is 7.11. The van der Waals surface area contributed by atoms with Crippen LogP contribution in [-0.2, 0) is 6.18 Å². The lowest BCUT2D eigenvalue weighted by Gasteiger charge is -2.14. The Labute approximate surface area is 205 Å². The molecule has 3 aromatic heterocycles. The van der Waals surface area contributed by atoms with Gasteiger partial charge < -0.3 is 26.9 Å². The number of aliphatic hydroxyl groups excluding tert-OH is 1. The van der Waals surface area contributed by atoms with E-state index in [1.807, 2.05) is 0 Å². The number of nitrogens with two attached hydrogens (primary N) is 1. The molecule has 0 aromatic carbocycles. The number of anilines is 1. The molecule has 0 bridgehead atoms. The van der Waals surface area contributed by atoms with Gasteiger partial charge in [0, 0.05) is 30.4 Å². The lowest BCUT2D eigenvalue weighted by molar-refractivity contribution is -0.137. The van der Waals surface area contributed by atoms with Gasteiger partial charge in [-0.3, -0.25) is 4.79 Å². The van der Waals surface area contributed by atoms with E-state index in [1.165, 1.54) is 24.8 Å². The van der Waals surface area contributed by atoms with Crippen LogP contribution in [-0.4, -0.2) is 37.2 Å². The summed E-state index contributed by atoms with van der Waals surface area (Å²) >= 11 is 6.59. The van der Waals surface area contributed by atoms with Crippen LogP contribution in [0.1, 0.15) is 50.8 Å². The summed E-state index contributed by atoms with van der Waals surface area (Å²) in [5.74, 6) is -0.774. The maximum Gasteiger partial charge on any atom is 0.418 e. The van der Waals surface area contributed by atoms with E-state index >= 15 is 0 Å². The molecule has 3 rings (SSSR count). The maximum atomic E-state index is 13.0. The second kappa shape index (κ2) is 10.8. The number of nitrogens with zero attached hydrogens (tertiary/aromatic N) is 4. The van der Waals surface area contributed by atoms with Crippen molar-refractivity contribution in [3.63, 3.8) is 0 Å². The van der Waals surface area contributed by atoms with Gasteiger partial charge in [-0.05, 0) is 19.1 Å². The molecule has 0 aliphatic carbocycles. The lowest BCUT2D eigenvalue weighted by Crippen LogP contribution is -2.27. The highest BCUT2D eigenvalue weighted by Crippen LogP contribution is 2.36. The van der Waals surface area contributed by atoms with Crippen molar-refractivity contribution in [1.82, 2.24) is 25.3 Å². The van der Waals surface area contributed by atoms with E-state index in [1.54, 1.807) is 6.92 Å². The number of rotatable bonds is 8. The van der Waals surface area contributed by atoms with E-state index in [9.17, 15) is 23.1 Å². The number of amides is 1. The molecule has 0 saturated carbocycles.